The highest BCUT2D eigenvalue weighted by Gasteiger charge is 2.21. The van der Waals surface area contributed by atoms with Crippen LogP contribution in [0.15, 0.2) is 54.7 Å². The van der Waals surface area contributed by atoms with Gasteiger partial charge in [0.2, 0.25) is 0 Å². The number of aromatic nitrogens is 2. The van der Waals surface area contributed by atoms with Crippen LogP contribution in [-0.2, 0) is 9.47 Å². The molecular weight excluding hydrogens is 368 g/mol. The Morgan fingerprint density at radius 2 is 1.90 bits per heavy atom. The van der Waals surface area contributed by atoms with Gasteiger partial charge in [0.1, 0.15) is 0 Å². The zero-order valence-corrected chi connectivity index (χ0v) is 16.2. The number of ether oxygens (including phenoxy) is 2. The Morgan fingerprint density at radius 3 is 2.66 bits per heavy atom. The molecule has 0 saturated carbocycles. The average Bonchev–Trinajstić information content (AvgIpc) is 3.13. The van der Waals surface area contributed by atoms with E-state index in [9.17, 15) is 9.90 Å². The number of benzene rings is 2. The molecule has 0 aliphatic heterocycles. The summed E-state index contributed by atoms with van der Waals surface area (Å²) in [5.41, 5.74) is 3.94. The number of aromatic carboxylic acids is 1. The van der Waals surface area contributed by atoms with Gasteiger partial charge >= 0.3 is 5.97 Å². The normalized spacial score (nSPS) is 11.6. The lowest BCUT2D eigenvalue weighted by Gasteiger charge is -2.16. The Morgan fingerprint density at radius 1 is 1.10 bits per heavy atom. The van der Waals surface area contributed by atoms with Crippen molar-refractivity contribution in [3.05, 3.63) is 72.3 Å². The topological polar surface area (TPSA) is 84.4 Å². The molecule has 1 radical (unpaired) electrons. The molecule has 147 valence electrons. The van der Waals surface area contributed by atoms with E-state index in [1.54, 1.807) is 32.5 Å². The number of rotatable bonds is 7. The molecule has 0 aliphatic carbocycles. The number of pyridine rings is 1. The molecule has 29 heavy (non-hydrogen) atoms. The summed E-state index contributed by atoms with van der Waals surface area (Å²) in [5, 5.41) is 11.9. The smallest absolute Gasteiger partial charge is 0.336 e. The lowest BCUT2D eigenvalue weighted by Crippen LogP contribution is -2.13. The zero-order chi connectivity index (χ0) is 20.4. The van der Waals surface area contributed by atoms with Crippen LogP contribution < -0.4 is 0 Å². The molecule has 6 heteroatoms. The van der Waals surface area contributed by atoms with Crippen LogP contribution in [0.5, 0.6) is 0 Å². The van der Waals surface area contributed by atoms with Gasteiger partial charge in [-0.15, -0.1) is 0 Å². The summed E-state index contributed by atoms with van der Waals surface area (Å²) >= 11 is 0. The summed E-state index contributed by atoms with van der Waals surface area (Å²) in [6.07, 6.45) is 3.70. The van der Waals surface area contributed by atoms with Crippen LogP contribution in [-0.4, -0.2) is 41.6 Å². The summed E-state index contributed by atoms with van der Waals surface area (Å²) < 4.78 is 10.5. The number of H-pyrrole nitrogens is 1. The van der Waals surface area contributed by atoms with Gasteiger partial charge in [-0.2, -0.15) is 0 Å². The van der Waals surface area contributed by atoms with Crippen molar-refractivity contribution in [1.82, 2.24) is 9.97 Å². The minimum absolute atomic E-state index is 0.198. The second-order valence-corrected chi connectivity index (χ2v) is 6.67. The number of carbonyl (C=O) groups is 1. The first-order chi connectivity index (χ1) is 14.1. The number of nitrogens with one attached hydrogen (secondary N) is 1. The number of fused-ring (bicyclic) bond motifs is 3. The minimum Gasteiger partial charge on any atom is -0.478 e. The third-order valence-electron chi connectivity index (χ3n) is 5.05. The molecule has 0 fully saturated rings. The largest absolute Gasteiger partial charge is 0.478 e. The molecule has 6 nitrogen and oxygen atoms in total. The van der Waals surface area contributed by atoms with E-state index < -0.39 is 12.3 Å². The van der Waals surface area contributed by atoms with Crippen molar-refractivity contribution in [3.63, 3.8) is 0 Å². The molecule has 4 rings (SSSR count). The third-order valence-corrected chi connectivity index (χ3v) is 5.05. The van der Waals surface area contributed by atoms with E-state index in [1.165, 1.54) is 0 Å². The van der Waals surface area contributed by atoms with Crippen LogP contribution in [0, 0.1) is 6.42 Å². The van der Waals surface area contributed by atoms with Crippen molar-refractivity contribution in [3.8, 4) is 11.3 Å². The number of para-hydroxylation sites is 1. The minimum atomic E-state index is -1.000. The van der Waals surface area contributed by atoms with Gasteiger partial charge in [0, 0.05) is 48.7 Å². The monoisotopic (exact) mass is 389 g/mol. The summed E-state index contributed by atoms with van der Waals surface area (Å²) in [5.74, 6) is -1.000. The molecule has 0 aliphatic rings. The summed E-state index contributed by atoms with van der Waals surface area (Å²) in [7, 11) is 3.15. The molecule has 2 aromatic heterocycles. The standard InChI is InChI=1S/C23H21N2O4/c1-28-19(29-2)11-10-14-6-5-8-17(23(26)27)20(14)22-21-16(12-13-24-22)15-7-3-4-9-18(15)25-21/h3-10,12-13,19,25H,11H2,1-2H3,(H,26,27). The zero-order valence-electron chi connectivity index (χ0n) is 16.2. The van der Waals surface area contributed by atoms with Crippen molar-refractivity contribution in [1.29, 1.82) is 0 Å². The van der Waals surface area contributed by atoms with Crippen LogP contribution in [0.3, 0.4) is 0 Å². The predicted octanol–water partition coefficient (Wildman–Crippen LogP) is 4.64. The van der Waals surface area contributed by atoms with Crippen molar-refractivity contribution < 1.29 is 19.4 Å². The Balaban J connectivity index is 1.92. The van der Waals surface area contributed by atoms with Gasteiger partial charge in [0.25, 0.3) is 0 Å². The number of carboxylic acid groups (broad SMARTS) is 1. The maximum atomic E-state index is 12.0. The number of nitrogens with zero attached hydrogens (tertiary/aromatic N) is 1. The maximum absolute atomic E-state index is 12.0. The fourth-order valence-electron chi connectivity index (χ4n) is 3.66. The highest BCUT2D eigenvalue weighted by molar-refractivity contribution is 6.12. The summed E-state index contributed by atoms with van der Waals surface area (Å²) in [6.45, 7) is 0. The molecular formula is C23H21N2O4. The number of hydrogen-bond acceptors (Lipinski definition) is 4. The SMILES string of the molecule is COC(C[CH]c1cccc(C(=O)O)c1-c1nccc2c1[nH]c1ccccc12)OC. The lowest BCUT2D eigenvalue weighted by atomic mass is 9.93. The highest BCUT2D eigenvalue weighted by atomic mass is 16.7. The average molecular weight is 389 g/mol. The Bertz CT molecular complexity index is 1180. The Kier molecular flexibility index (Phi) is 5.29. The van der Waals surface area contributed by atoms with E-state index in [0.717, 1.165) is 27.4 Å². The molecule has 4 aromatic rings. The van der Waals surface area contributed by atoms with Gasteiger partial charge in [0.15, 0.2) is 6.29 Å². The van der Waals surface area contributed by atoms with Crippen LogP contribution in [0.25, 0.3) is 33.1 Å². The maximum Gasteiger partial charge on any atom is 0.336 e. The van der Waals surface area contributed by atoms with Crippen LogP contribution in [0.1, 0.15) is 22.3 Å². The van der Waals surface area contributed by atoms with Crippen LogP contribution in [0.4, 0.5) is 0 Å². The van der Waals surface area contributed by atoms with Gasteiger partial charge in [-0.05, 0) is 30.2 Å². The van der Waals surface area contributed by atoms with E-state index in [2.05, 4.69) is 9.97 Å². The fraction of sp³-hybridized carbons (Fsp3) is 0.174. The first-order valence-corrected chi connectivity index (χ1v) is 9.25. The Hall–Kier alpha value is -3.22. The number of hydrogen-bond donors (Lipinski definition) is 2. The van der Waals surface area contributed by atoms with Crippen molar-refractivity contribution in [2.75, 3.05) is 14.2 Å². The third kappa shape index (κ3) is 3.48. The van der Waals surface area contributed by atoms with E-state index in [-0.39, 0.29) is 5.56 Å². The molecule has 0 spiro atoms. The molecule has 0 bridgehead atoms. The lowest BCUT2D eigenvalue weighted by molar-refractivity contribution is -0.100. The first kappa shape index (κ1) is 19.1. The second-order valence-electron chi connectivity index (χ2n) is 6.67. The second kappa shape index (κ2) is 8.03. The Labute approximate surface area is 168 Å². The van der Waals surface area contributed by atoms with E-state index in [4.69, 9.17) is 9.47 Å². The van der Waals surface area contributed by atoms with Crippen molar-refractivity contribution in [2.45, 2.75) is 12.7 Å². The molecule has 2 heterocycles. The van der Waals surface area contributed by atoms with E-state index >= 15 is 0 Å². The summed E-state index contributed by atoms with van der Waals surface area (Å²) in [6, 6.07) is 15.1. The van der Waals surface area contributed by atoms with Crippen LogP contribution in [0.2, 0.25) is 0 Å². The molecule has 0 atom stereocenters. The summed E-state index contributed by atoms with van der Waals surface area (Å²) in [4.78, 5) is 20.0. The highest BCUT2D eigenvalue weighted by Crippen LogP contribution is 2.36. The fourth-order valence-corrected chi connectivity index (χ4v) is 3.66. The quantitative estimate of drug-likeness (QED) is 0.450. The predicted molar refractivity (Wildman–Crippen MR) is 112 cm³/mol. The van der Waals surface area contributed by atoms with Crippen molar-refractivity contribution in [2.24, 2.45) is 0 Å². The van der Waals surface area contributed by atoms with Crippen LogP contribution >= 0.6 is 0 Å². The van der Waals surface area contributed by atoms with Crippen molar-refractivity contribution >= 4 is 27.8 Å². The number of carboxylic acids is 1. The van der Waals surface area contributed by atoms with E-state index in [0.29, 0.717) is 17.7 Å². The molecule has 0 unspecified atom stereocenters. The molecule has 0 amide bonds. The van der Waals surface area contributed by atoms with Gasteiger partial charge < -0.3 is 19.6 Å². The molecule has 2 aromatic carbocycles. The first-order valence-electron chi connectivity index (χ1n) is 9.25. The van der Waals surface area contributed by atoms with Gasteiger partial charge in [0.05, 0.1) is 16.8 Å². The van der Waals surface area contributed by atoms with Gasteiger partial charge in [-0.25, -0.2) is 4.79 Å². The number of aromatic amines is 1. The van der Waals surface area contributed by atoms with E-state index in [1.807, 2.05) is 42.8 Å². The number of methoxy groups -OCH3 is 2. The molecule has 2 N–H and O–H groups in total. The van der Waals surface area contributed by atoms with Gasteiger partial charge in [-0.1, -0.05) is 30.3 Å². The molecule has 0 saturated heterocycles. The van der Waals surface area contributed by atoms with Gasteiger partial charge in [-0.3, -0.25) is 4.98 Å².